The van der Waals surface area contributed by atoms with Crippen LogP contribution in [0.5, 0.6) is 5.75 Å². The summed E-state index contributed by atoms with van der Waals surface area (Å²) in [6.07, 6.45) is -1.17. The zero-order valence-corrected chi connectivity index (χ0v) is 10.4. The Bertz CT molecular complexity index is 587. The molecule has 1 unspecified atom stereocenters. The maximum absolute atomic E-state index is 13.0. The zero-order chi connectivity index (χ0) is 14.7. The maximum atomic E-state index is 13.0. The molecule has 7 nitrogen and oxygen atoms in total. The number of nitrogens with one attached hydrogen (secondary N) is 1. The van der Waals surface area contributed by atoms with Gasteiger partial charge in [0.25, 0.3) is 5.91 Å². The van der Waals surface area contributed by atoms with Gasteiger partial charge in [-0.3, -0.25) is 4.79 Å². The number of carboxylic acid groups (broad SMARTS) is 1. The number of rotatable bonds is 4. The van der Waals surface area contributed by atoms with Crippen molar-refractivity contribution in [3.63, 3.8) is 0 Å². The van der Waals surface area contributed by atoms with E-state index in [2.05, 4.69) is 10.5 Å². The maximum Gasteiger partial charge on any atom is 0.353 e. The minimum Gasteiger partial charge on any atom is -0.494 e. The smallest absolute Gasteiger partial charge is 0.353 e. The number of carbonyl (C=O) groups excluding carboxylic acids is 1. The highest BCUT2D eigenvalue weighted by atomic mass is 19.1. The van der Waals surface area contributed by atoms with Crippen LogP contribution in [0.1, 0.15) is 6.42 Å². The Kier molecular flexibility index (Phi) is 3.83. The molecule has 1 amide bonds. The number of oxime groups is 1. The monoisotopic (exact) mass is 282 g/mol. The van der Waals surface area contributed by atoms with E-state index in [4.69, 9.17) is 14.7 Å². The Labute approximate surface area is 113 Å². The Balaban J connectivity index is 2.05. The highest BCUT2D eigenvalue weighted by Gasteiger charge is 2.31. The van der Waals surface area contributed by atoms with Gasteiger partial charge in [-0.1, -0.05) is 5.16 Å². The second-order valence-corrected chi connectivity index (χ2v) is 3.98. The van der Waals surface area contributed by atoms with E-state index >= 15 is 0 Å². The molecule has 0 saturated heterocycles. The summed E-state index contributed by atoms with van der Waals surface area (Å²) in [5.74, 6) is -2.18. The minimum absolute atomic E-state index is 0.134. The summed E-state index contributed by atoms with van der Waals surface area (Å²) < 4.78 is 17.9. The Hall–Kier alpha value is -2.64. The normalized spacial score (nSPS) is 17.1. The first-order valence-corrected chi connectivity index (χ1v) is 5.61. The van der Waals surface area contributed by atoms with E-state index in [9.17, 15) is 14.0 Å². The molecule has 1 atom stereocenters. The number of carboxylic acids is 1. The molecule has 0 spiro atoms. The van der Waals surface area contributed by atoms with Gasteiger partial charge in [-0.05, 0) is 12.1 Å². The molecule has 0 radical (unpaired) electrons. The van der Waals surface area contributed by atoms with Crippen LogP contribution >= 0.6 is 0 Å². The van der Waals surface area contributed by atoms with E-state index < -0.39 is 23.8 Å². The van der Waals surface area contributed by atoms with Crippen molar-refractivity contribution in [1.82, 2.24) is 0 Å². The summed E-state index contributed by atoms with van der Waals surface area (Å²) in [6, 6.07) is 3.61. The standard InChI is InChI=1S/C12H11FN2O5/c1-19-9-4-6(13)2-3-7(9)14-11(16)10-5-8(12(17)18)15-20-10/h2-4,10H,5H2,1H3,(H,14,16)(H,17,18). The van der Waals surface area contributed by atoms with E-state index in [0.29, 0.717) is 0 Å². The number of methoxy groups -OCH3 is 1. The molecule has 1 aromatic carbocycles. The predicted molar refractivity (Wildman–Crippen MR) is 66.1 cm³/mol. The van der Waals surface area contributed by atoms with Gasteiger partial charge in [-0.25, -0.2) is 9.18 Å². The second-order valence-electron chi connectivity index (χ2n) is 3.98. The van der Waals surface area contributed by atoms with E-state index in [0.717, 1.165) is 12.1 Å². The number of aliphatic carboxylic acids is 1. The molecule has 0 saturated carbocycles. The fourth-order valence-corrected chi connectivity index (χ4v) is 1.63. The second kappa shape index (κ2) is 5.55. The first-order chi connectivity index (χ1) is 9.51. The summed E-state index contributed by atoms with van der Waals surface area (Å²) in [5, 5.41) is 14.5. The van der Waals surface area contributed by atoms with Crippen molar-refractivity contribution in [3.8, 4) is 5.75 Å². The molecule has 106 valence electrons. The molecule has 2 N–H and O–H groups in total. The third-order valence-corrected chi connectivity index (χ3v) is 2.63. The summed E-state index contributed by atoms with van der Waals surface area (Å²) in [5.41, 5.74) is 0.0301. The van der Waals surface area contributed by atoms with Crippen molar-refractivity contribution in [1.29, 1.82) is 0 Å². The van der Waals surface area contributed by atoms with Crippen LogP contribution in [0, 0.1) is 5.82 Å². The number of amides is 1. The molecule has 0 fully saturated rings. The Morgan fingerprint density at radius 1 is 1.55 bits per heavy atom. The predicted octanol–water partition coefficient (Wildman–Crippen LogP) is 1.00. The van der Waals surface area contributed by atoms with E-state index in [1.54, 1.807) is 0 Å². The molecule has 0 bridgehead atoms. The van der Waals surface area contributed by atoms with Gasteiger partial charge < -0.3 is 20.0 Å². The van der Waals surface area contributed by atoms with Gasteiger partial charge in [0.05, 0.1) is 12.8 Å². The molecule has 2 rings (SSSR count). The van der Waals surface area contributed by atoms with Gasteiger partial charge in [0.1, 0.15) is 11.6 Å². The fraction of sp³-hybridized carbons (Fsp3) is 0.250. The average molecular weight is 282 g/mol. The molecule has 8 heteroatoms. The van der Waals surface area contributed by atoms with Gasteiger partial charge in [0.15, 0.2) is 5.71 Å². The van der Waals surface area contributed by atoms with Crippen LogP contribution in [0.25, 0.3) is 0 Å². The van der Waals surface area contributed by atoms with Crippen molar-refractivity contribution in [2.75, 3.05) is 12.4 Å². The highest BCUT2D eigenvalue weighted by molar-refractivity contribution is 6.36. The Morgan fingerprint density at radius 2 is 2.30 bits per heavy atom. The quantitative estimate of drug-likeness (QED) is 0.858. The van der Waals surface area contributed by atoms with Crippen LogP contribution in [-0.2, 0) is 14.4 Å². The topological polar surface area (TPSA) is 97.2 Å². The average Bonchev–Trinajstić information content (AvgIpc) is 2.90. The van der Waals surface area contributed by atoms with Gasteiger partial charge >= 0.3 is 5.97 Å². The number of hydrogen-bond acceptors (Lipinski definition) is 5. The first-order valence-electron chi connectivity index (χ1n) is 5.61. The fourth-order valence-electron chi connectivity index (χ4n) is 1.63. The lowest BCUT2D eigenvalue weighted by molar-refractivity contribution is -0.129. The van der Waals surface area contributed by atoms with Crippen molar-refractivity contribution < 1.29 is 28.7 Å². The number of halogens is 1. The number of carbonyl (C=O) groups is 2. The number of hydrogen-bond donors (Lipinski definition) is 2. The number of ether oxygens (including phenoxy) is 1. The van der Waals surface area contributed by atoms with Gasteiger partial charge in [0.2, 0.25) is 6.10 Å². The minimum atomic E-state index is -1.24. The number of nitrogens with zero attached hydrogens (tertiary/aromatic N) is 1. The molecule has 1 aliphatic heterocycles. The lowest BCUT2D eigenvalue weighted by Crippen LogP contribution is -2.29. The van der Waals surface area contributed by atoms with Crippen molar-refractivity contribution in [2.45, 2.75) is 12.5 Å². The third kappa shape index (κ3) is 2.85. The molecule has 0 aromatic heterocycles. The van der Waals surface area contributed by atoms with E-state index in [-0.39, 0.29) is 23.6 Å². The lowest BCUT2D eigenvalue weighted by atomic mass is 10.1. The molecular formula is C12H11FN2O5. The van der Waals surface area contributed by atoms with Gasteiger partial charge in [0, 0.05) is 12.5 Å². The Morgan fingerprint density at radius 3 is 2.90 bits per heavy atom. The first kappa shape index (κ1) is 13.8. The lowest BCUT2D eigenvalue weighted by Gasteiger charge is -2.12. The summed E-state index contributed by atoms with van der Waals surface area (Å²) in [6.45, 7) is 0. The van der Waals surface area contributed by atoms with Crippen LogP contribution in [0.4, 0.5) is 10.1 Å². The third-order valence-electron chi connectivity index (χ3n) is 2.63. The van der Waals surface area contributed by atoms with E-state index in [1.807, 2.05) is 0 Å². The van der Waals surface area contributed by atoms with Crippen LogP contribution in [0.2, 0.25) is 0 Å². The van der Waals surface area contributed by atoms with Crippen LogP contribution < -0.4 is 10.1 Å². The summed E-state index contributed by atoms with van der Waals surface area (Å²) in [4.78, 5) is 27.3. The SMILES string of the molecule is COc1cc(F)ccc1NC(=O)C1CC(C(=O)O)=NO1. The van der Waals surface area contributed by atoms with Gasteiger partial charge in [-0.15, -0.1) is 0 Å². The molecular weight excluding hydrogens is 271 g/mol. The summed E-state index contributed by atoms with van der Waals surface area (Å²) in [7, 11) is 1.34. The molecule has 0 aliphatic carbocycles. The van der Waals surface area contributed by atoms with Crippen molar-refractivity contribution in [2.24, 2.45) is 5.16 Å². The zero-order valence-electron chi connectivity index (χ0n) is 10.4. The molecule has 1 aromatic rings. The van der Waals surface area contributed by atoms with Crippen molar-refractivity contribution >= 4 is 23.3 Å². The largest absolute Gasteiger partial charge is 0.494 e. The van der Waals surface area contributed by atoms with Crippen molar-refractivity contribution in [3.05, 3.63) is 24.0 Å². The molecule has 1 heterocycles. The number of anilines is 1. The summed E-state index contributed by atoms with van der Waals surface area (Å²) >= 11 is 0. The van der Waals surface area contributed by atoms with E-state index in [1.165, 1.54) is 13.2 Å². The van der Waals surface area contributed by atoms with Crippen LogP contribution in [-0.4, -0.2) is 35.9 Å². The highest BCUT2D eigenvalue weighted by Crippen LogP contribution is 2.25. The van der Waals surface area contributed by atoms with Crippen LogP contribution in [0.15, 0.2) is 23.4 Å². The molecule has 20 heavy (non-hydrogen) atoms. The number of benzene rings is 1. The molecule has 1 aliphatic rings. The van der Waals surface area contributed by atoms with Gasteiger partial charge in [-0.2, -0.15) is 0 Å². The van der Waals surface area contributed by atoms with Crippen LogP contribution in [0.3, 0.4) is 0 Å².